The molecule has 1 aliphatic heterocycles. The van der Waals surface area contributed by atoms with Crippen LogP contribution in [0.2, 0.25) is 5.02 Å². The fraction of sp³-hybridized carbons (Fsp3) is 0.300. The molecule has 2 aromatic rings. The van der Waals surface area contributed by atoms with Gasteiger partial charge >= 0.3 is 0 Å². The van der Waals surface area contributed by atoms with Crippen LogP contribution in [-0.2, 0) is 9.59 Å². The minimum atomic E-state index is -0.440. The van der Waals surface area contributed by atoms with Crippen molar-refractivity contribution in [3.8, 4) is 5.75 Å². The molecule has 136 valence electrons. The predicted octanol–water partition coefficient (Wildman–Crippen LogP) is 3.96. The van der Waals surface area contributed by atoms with Crippen LogP contribution in [0.25, 0.3) is 0 Å². The first-order chi connectivity index (χ1) is 12.4. The second-order valence-corrected chi connectivity index (χ2v) is 6.96. The van der Waals surface area contributed by atoms with Crippen LogP contribution >= 0.6 is 11.6 Å². The molecule has 0 saturated carbocycles. The van der Waals surface area contributed by atoms with E-state index in [0.29, 0.717) is 28.7 Å². The second kappa shape index (κ2) is 7.38. The summed E-state index contributed by atoms with van der Waals surface area (Å²) >= 11 is 6.18. The topological polar surface area (TPSA) is 58.6 Å². The lowest BCUT2D eigenvalue weighted by molar-refractivity contribution is -0.122. The molecule has 0 radical (unpaired) electrons. The Hall–Kier alpha value is -2.53. The summed E-state index contributed by atoms with van der Waals surface area (Å²) in [5.41, 5.74) is 3.29. The number of ether oxygens (including phenoxy) is 1. The van der Waals surface area contributed by atoms with Crippen molar-refractivity contribution in [3.05, 3.63) is 52.5 Å². The van der Waals surface area contributed by atoms with E-state index < -0.39 is 5.92 Å². The third kappa shape index (κ3) is 3.68. The van der Waals surface area contributed by atoms with E-state index >= 15 is 0 Å². The van der Waals surface area contributed by atoms with E-state index in [1.807, 2.05) is 38.1 Å². The van der Waals surface area contributed by atoms with Crippen molar-refractivity contribution in [2.45, 2.75) is 20.3 Å². The van der Waals surface area contributed by atoms with Gasteiger partial charge in [0.05, 0.1) is 29.4 Å². The van der Waals surface area contributed by atoms with Gasteiger partial charge < -0.3 is 15.0 Å². The number of rotatable bonds is 4. The highest BCUT2D eigenvalue weighted by Crippen LogP contribution is 2.34. The number of nitrogens with one attached hydrogen (secondary N) is 1. The monoisotopic (exact) mass is 372 g/mol. The van der Waals surface area contributed by atoms with Gasteiger partial charge in [-0.05, 0) is 49.2 Å². The summed E-state index contributed by atoms with van der Waals surface area (Å²) < 4.78 is 5.37. The van der Waals surface area contributed by atoms with Crippen LogP contribution in [0.5, 0.6) is 5.75 Å². The largest absolute Gasteiger partial charge is 0.495 e. The molecule has 5 nitrogen and oxygen atoms in total. The highest BCUT2D eigenvalue weighted by atomic mass is 35.5. The Morgan fingerprint density at radius 1 is 1.19 bits per heavy atom. The molecule has 3 rings (SSSR count). The Balaban J connectivity index is 1.77. The SMILES string of the molecule is COc1ccc(C)cc1N1C[C@H](C(=O)Nc2ccc(C)cc2Cl)CC1=O. The molecule has 1 aliphatic rings. The van der Waals surface area contributed by atoms with E-state index in [0.717, 1.165) is 11.1 Å². The van der Waals surface area contributed by atoms with E-state index in [-0.39, 0.29) is 18.2 Å². The smallest absolute Gasteiger partial charge is 0.229 e. The molecule has 26 heavy (non-hydrogen) atoms. The van der Waals surface area contributed by atoms with Crippen molar-refractivity contribution in [2.24, 2.45) is 5.92 Å². The standard InChI is InChI=1S/C20H21ClN2O3/c1-12-4-6-16(15(21)8-12)22-20(25)14-10-19(24)23(11-14)17-9-13(2)5-7-18(17)26-3/h4-9,14H,10-11H2,1-3H3,(H,22,25)/t14-/m1/s1. The molecule has 6 heteroatoms. The maximum Gasteiger partial charge on any atom is 0.229 e. The molecule has 0 spiro atoms. The Labute approximate surface area is 157 Å². The summed E-state index contributed by atoms with van der Waals surface area (Å²) in [6.45, 7) is 4.20. The molecule has 2 amide bonds. The Kier molecular flexibility index (Phi) is 5.18. The first kappa shape index (κ1) is 18.3. The van der Waals surface area contributed by atoms with Gasteiger partial charge in [-0.2, -0.15) is 0 Å². The predicted molar refractivity (Wildman–Crippen MR) is 103 cm³/mol. The van der Waals surface area contributed by atoms with Crippen molar-refractivity contribution >= 4 is 34.8 Å². The van der Waals surface area contributed by atoms with E-state index in [9.17, 15) is 9.59 Å². The number of carbonyl (C=O) groups excluding carboxylic acids is 2. The maximum atomic E-state index is 12.6. The summed E-state index contributed by atoms with van der Waals surface area (Å²) in [6, 6.07) is 11.1. The number of benzene rings is 2. The molecule has 1 atom stereocenters. The van der Waals surface area contributed by atoms with Gasteiger partial charge in [0.1, 0.15) is 5.75 Å². The van der Waals surface area contributed by atoms with Gasteiger partial charge in [-0.25, -0.2) is 0 Å². The lowest BCUT2D eigenvalue weighted by Crippen LogP contribution is -2.28. The van der Waals surface area contributed by atoms with Crippen LogP contribution in [0.3, 0.4) is 0 Å². The zero-order valence-electron chi connectivity index (χ0n) is 15.0. The molecule has 1 saturated heterocycles. The highest BCUT2D eigenvalue weighted by molar-refractivity contribution is 6.33. The number of anilines is 2. The number of hydrogen-bond donors (Lipinski definition) is 1. The number of hydrogen-bond acceptors (Lipinski definition) is 3. The molecule has 0 unspecified atom stereocenters. The summed E-state index contributed by atoms with van der Waals surface area (Å²) in [6.07, 6.45) is 0.159. The zero-order valence-corrected chi connectivity index (χ0v) is 15.8. The van der Waals surface area contributed by atoms with Gasteiger partial charge in [0.2, 0.25) is 11.8 Å². The van der Waals surface area contributed by atoms with Gasteiger partial charge in [0.15, 0.2) is 0 Å². The van der Waals surface area contributed by atoms with E-state index in [1.165, 1.54) is 0 Å². The van der Waals surface area contributed by atoms with Crippen LogP contribution in [0.1, 0.15) is 17.5 Å². The Morgan fingerprint density at radius 3 is 2.58 bits per heavy atom. The second-order valence-electron chi connectivity index (χ2n) is 6.55. The molecule has 0 bridgehead atoms. The molecule has 2 aromatic carbocycles. The van der Waals surface area contributed by atoms with Crippen LogP contribution in [0.15, 0.2) is 36.4 Å². The van der Waals surface area contributed by atoms with Crippen molar-refractivity contribution < 1.29 is 14.3 Å². The average Bonchev–Trinajstić information content (AvgIpc) is 2.99. The fourth-order valence-corrected chi connectivity index (χ4v) is 3.37. The number of methoxy groups -OCH3 is 1. The quantitative estimate of drug-likeness (QED) is 0.883. The van der Waals surface area contributed by atoms with Gasteiger partial charge in [0, 0.05) is 13.0 Å². The normalized spacial score (nSPS) is 16.7. The van der Waals surface area contributed by atoms with Crippen molar-refractivity contribution in [1.82, 2.24) is 0 Å². The molecular weight excluding hydrogens is 352 g/mol. The number of amides is 2. The number of nitrogens with zero attached hydrogens (tertiary/aromatic N) is 1. The lowest BCUT2D eigenvalue weighted by Gasteiger charge is -2.20. The molecule has 0 aromatic heterocycles. The molecule has 1 fully saturated rings. The van der Waals surface area contributed by atoms with Crippen LogP contribution in [-0.4, -0.2) is 25.5 Å². The summed E-state index contributed by atoms with van der Waals surface area (Å²) in [7, 11) is 1.57. The Bertz CT molecular complexity index is 866. The summed E-state index contributed by atoms with van der Waals surface area (Å²) in [5.74, 6) is -0.126. The lowest BCUT2D eigenvalue weighted by atomic mass is 10.1. The minimum Gasteiger partial charge on any atom is -0.495 e. The Morgan fingerprint density at radius 2 is 1.88 bits per heavy atom. The van der Waals surface area contributed by atoms with Crippen molar-refractivity contribution in [2.75, 3.05) is 23.9 Å². The van der Waals surface area contributed by atoms with E-state index in [1.54, 1.807) is 24.1 Å². The fourth-order valence-electron chi connectivity index (χ4n) is 3.08. The van der Waals surface area contributed by atoms with Crippen molar-refractivity contribution in [1.29, 1.82) is 0 Å². The van der Waals surface area contributed by atoms with E-state index in [4.69, 9.17) is 16.3 Å². The first-order valence-corrected chi connectivity index (χ1v) is 8.79. The first-order valence-electron chi connectivity index (χ1n) is 8.41. The van der Waals surface area contributed by atoms with Gasteiger partial charge in [-0.1, -0.05) is 23.7 Å². The minimum absolute atomic E-state index is 0.0935. The maximum absolute atomic E-state index is 12.6. The number of halogens is 1. The van der Waals surface area contributed by atoms with E-state index in [2.05, 4.69) is 5.32 Å². The number of aryl methyl sites for hydroxylation is 2. The molecular formula is C20H21ClN2O3. The van der Waals surface area contributed by atoms with Crippen LogP contribution in [0.4, 0.5) is 11.4 Å². The third-order valence-electron chi connectivity index (χ3n) is 4.50. The third-order valence-corrected chi connectivity index (χ3v) is 4.82. The molecule has 0 aliphatic carbocycles. The van der Waals surface area contributed by atoms with Crippen LogP contribution in [0, 0.1) is 19.8 Å². The van der Waals surface area contributed by atoms with Crippen molar-refractivity contribution in [3.63, 3.8) is 0 Å². The molecule has 1 heterocycles. The summed E-state index contributed by atoms with van der Waals surface area (Å²) in [4.78, 5) is 26.7. The van der Waals surface area contributed by atoms with Gasteiger partial charge in [-0.3, -0.25) is 9.59 Å². The summed E-state index contributed by atoms with van der Waals surface area (Å²) in [5, 5.41) is 3.32. The highest BCUT2D eigenvalue weighted by Gasteiger charge is 2.36. The van der Waals surface area contributed by atoms with Gasteiger partial charge in [-0.15, -0.1) is 0 Å². The number of carbonyl (C=O) groups is 2. The average molecular weight is 373 g/mol. The van der Waals surface area contributed by atoms with Crippen LogP contribution < -0.4 is 15.0 Å². The van der Waals surface area contributed by atoms with Gasteiger partial charge in [0.25, 0.3) is 0 Å². The molecule has 1 N–H and O–H groups in total. The zero-order chi connectivity index (χ0) is 18.8.